The molecule has 1 aromatic carbocycles. The largest absolute Gasteiger partial charge is 0.462 e. The number of anilines is 2. The molecule has 1 aliphatic rings. The van der Waals surface area contributed by atoms with Gasteiger partial charge in [-0.2, -0.15) is 0 Å². The average molecular weight is 341 g/mol. The summed E-state index contributed by atoms with van der Waals surface area (Å²) in [5.74, 6) is -0.0477. The fraction of sp³-hybridized carbons (Fsp3) is 0.429. The van der Waals surface area contributed by atoms with Gasteiger partial charge in [-0.15, -0.1) is 0 Å². The Morgan fingerprint density at radius 1 is 1.55 bits per heavy atom. The molecule has 0 radical (unpaired) electrons. The Morgan fingerprint density at radius 2 is 2.30 bits per heavy atom. The van der Waals surface area contributed by atoms with Crippen molar-refractivity contribution in [2.45, 2.75) is 13.3 Å². The summed E-state index contributed by atoms with van der Waals surface area (Å²) in [7, 11) is 0. The van der Waals surface area contributed by atoms with E-state index in [2.05, 4.69) is 15.9 Å². The van der Waals surface area contributed by atoms with Crippen LogP contribution in [0, 0.1) is 5.92 Å². The second-order valence-corrected chi connectivity index (χ2v) is 5.37. The van der Waals surface area contributed by atoms with E-state index in [1.165, 1.54) is 0 Å². The lowest BCUT2D eigenvalue weighted by atomic mass is 10.1. The van der Waals surface area contributed by atoms with Crippen LogP contribution >= 0.6 is 15.9 Å². The number of carbonyl (C=O) groups excluding carboxylic acids is 2. The van der Waals surface area contributed by atoms with Gasteiger partial charge in [-0.25, -0.2) is 4.79 Å². The molecule has 0 bridgehead atoms. The highest BCUT2D eigenvalue weighted by Crippen LogP contribution is 2.31. The molecule has 0 aromatic heterocycles. The lowest BCUT2D eigenvalue weighted by Gasteiger charge is -2.19. The Morgan fingerprint density at radius 3 is 2.85 bits per heavy atom. The van der Waals surface area contributed by atoms with Crippen molar-refractivity contribution in [2.24, 2.45) is 5.92 Å². The highest BCUT2D eigenvalue weighted by atomic mass is 79.9. The van der Waals surface area contributed by atoms with E-state index in [-0.39, 0.29) is 5.91 Å². The Kier molecular flexibility index (Phi) is 4.65. The molecule has 1 amide bonds. The predicted molar refractivity (Wildman–Crippen MR) is 81.1 cm³/mol. The van der Waals surface area contributed by atoms with Crippen molar-refractivity contribution < 1.29 is 14.3 Å². The van der Waals surface area contributed by atoms with Gasteiger partial charge in [0.1, 0.15) is 0 Å². The number of esters is 1. The molecular weight excluding hydrogens is 324 g/mol. The van der Waals surface area contributed by atoms with Gasteiger partial charge in [0.15, 0.2) is 0 Å². The number of nitrogens with zero attached hydrogens (tertiary/aromatic N) is 1. The number of nitrogens with two attached hydrogens (primary N) is 1. The van der Waals surface area contributed by atoms with Crippen molar-refractivity contribution in [3.05, 3.63) is 23.8 Å². The van der Waals surface area contributed by atoms with Gasteiger partial charge in [-0.1, -0.05) is 15.9 Å². The number of ether oxygens (including phenoxy) is 1. The third kappa shape index (κ3) is 2.95. The first-order valence-electron chi connectivity index (χ1n) is 6.49. The number of carbonyl (C=O) groups is 2. The van der Waals surface area contributed by atoms with E-state index in [0.29, 0.717) is 42.4 Å². The quantitative estimate of drug-likeness (QED) is 0.518. The lowest BCUT2D eigenvalue weighted by Crippen LogP contribution is -2.25. The van der Waals surface area contributed by atoms with E-state index in [1.807, 2.05) is 0 Å². The zero-order valence-corrected chi connectivity index (χ0v) is 12.9. The first-order valence-corrected chi connectivity index (χ1v) is 7.62. The van der Waals surface area contributed by atoms with Crippen LogP contribution in [-0.2, 0) is 9.53 Å². The molecule has 1 fully saturated rings. The number of hydrogen-bond donors (Lipinski definition) is 1. The molecule has 6 heteroatoms. The Balaban J connectivity index is 2.22. The molecule has 1 heterocycles. The van der Waals surface area contributed by atoms with E-state index >= 15 is 0 Å². The van der Waals surface area contributed by atoms with Crippen LogP contribution in [0.15, 0.2) is 18.2 Å². The minimum absolute atomic E-state index is 0.0602. The van der Waals surface area contributed by atoms with Gasteiger partial charge >= 0.3 is 5.97 Å². The molecule has 0 aliphatic carbocycles. The van der Waals surface area contributed by atoms with Gasteiger partial charge in [-0.05, 0) is 31.0 Å². The summed E-state index contributed by atoms with van der Waals surface area (Å²) in [5.41, 5.74) is 7.45. The predicted octanol–water partition coefficient (Wildman–Crippen LogP) is 2.19. The fourth-order valence-corrected chi connectivity index (χ4v) is 2.69. The maximum atomic E-state index is 12.0. The van der Waals surface area contributed by atoms with Crippen LogP contribution in [0.5, 0.6) is 0 Å². The van der Waals surface area contributed by atoms with Gasteiger partial charge in [0, 0.05) is 18.3 Å². The van der Waals surface area contributed by atoms with Crippen LogP contribution in [0.2, 0.25) is 0 Å². The van der Waals surface area contributed by atoms with E-state index in [0.717, 1.165) is 5.33 Å². The normalized spacial score (nSPS) is 18.4. The second-order valence-electron chi connectivity index (χ2n) is 4.72. The van der Waals surface area contributed by atoms with Crippen LogP contribution in [-0.4, -0.2) is 30.4 Å². The van der Waals surface area contributed by atoms with Crippen molar-refractivity contribution in [1.82, 2.24) is 0 Å². The molecule has 1 aromatic rings. The molecule has 2 rings (SSSR count). The maximum absolute atomic E-state index is 12.0. The molecule has 108 valence electrons. The number of amides is 1. The zero-order valence-electron chi connectivity index (χ0n) is 11.3. The van der Waals surface area contributed by atoms with Crippen molar-refractivity contribution in [3.63, 3.8) is 0 Å². The molecule has 0 saturated carbocycles. The van der Waals surface area contributed by atoms with E-state index in [4.69, 9.17) is 10.5 Å². The summed E-state index contributed by atoms with van der Waals surface area (Å²) >= 11 is 3.40. The standard InChI is InChI=1S/C14H17BrN2O3/c1-2-20-14(19)10-3-4-12(11(16)6-10)17-8-9(7-15)5-13(17)18/h3-4,6,9H,2,5,7-8,16H2,1H3. The zero-order chi connectivity index (χ0) is 14.7. The number of alkyl halides is 1. The fourth-order valence-electron chi connectivity index (χ4n) is 2.26. The molecular formula is C14H17BrN2O3. The van der Waals surface area contributed by atoms with E-state index < -0.39 is 5.97 Å². The third-order valence-electron chi connectivity index (χ3n) is 3.25. The highest BCUT2D eigenvalue weighted by Gasteiger charge is 2.31. The summed E-state index contributed by atoms with van der Waals surface area (Å²) in [6, 6.07) is 4.90. The number of hydrogen-bond acceptors (Lipinski definition) is 4. The van der Waals surface area contributed by atoms with Gasteiger partial charge < -0.3 is 15.4 Å². The number of nitrogen functional groups attached to an aromatic ring is 1. The van der Waals surface area contributed by atoms with Crippen LogP contribution in [0.1, 0.15) is 23.7 Å². The summed E-state index contributed by atoms with van der Waals surface area (Å²) in [6.07, 6.45) is 0.518. The Bertz CT molecular complexity index is 533. The van der Waals surface area contributed by atoms with Crippen LogP contribution in [0.3, 0.4) is 0 Å². The van der Waals surface area contributed by atoms with Gasteiger partial charge in [0.05, 0.1) is 23.5 Å². The summed E-state index contributed by atoms with van der Waals surface area (Å²) in [5, 5.41) is 0.788. The number of rotatable bonds is 4. The smallest absolute Gasteiger partial charge is 0.338 e. The van der Waals surface area contributed by atoms with E-state index in [9.17, 15) is 9.59 Å². The molecule has 1 unspecified atom stereocenters. The van der Waals surface area contributed by atoms with Crippen molar-refractivity contribution in [3.8, 4) is 0 Å². The molecule has 2 N–H and O–H groups in total. The molecule has 1 saturated heterocycles. The van der Waals surface area contributed by atoms with Gasteiger partial charge in [0.2, 0.25) is 5.91 Å². The summed E-state index contributed by atoms with van der Waals surface area (Å²) < 4.78 is 4.92. The molecule has 20 heavy (non-hydrogen) atoms. The average Bonchev–Trinajstić information content (AvgIpc) is 2.80. The summed E-state index contributed by atoms with van der Waals surface area (Å²) in [4.78, 5) is 25.3. The molecule has 1 atom stereocenters. The van der Waals surface area contributed by atoms with Gasteiger partial charge in [-0.3, -0.25) is 4.79 Å². The topological polar surface area (TPSA) is 72.6 Å². The lowest BCUT2D eigenvalue weighted by molar-refractivity contribution is -0.117. The highest BCUT2D eigenvalue weighted by molar-refractivity contribution is 9.09. The minimum atomic E-state index is -0.406. The first-order chi connectivity index (χ1) is 9.56. The molecule has 0 spiro atoms. The van der Waals surface area contributed by atoms with E-state index in [1.54, 1.807) is 30.0 Å². The van der Waals surface area contributed by atoms with Crippen LogP contribution in [0.25, 0.3) is 0 Å². The molecule has 1 aliphatic heterocycles. The second kappa shape index (κ2) is 6.26. The number of halogens is 1. The molecule has 5 nitrogen and oxygen atoms in total. The van der Waals surface area contributed by atoms with Crippen molar-refractivity contribution in [2.75, 3.05) is 29.1 Å². The third-order valence-corrected chi connectivity index (χ3v) is 4.17. The SMILES string of the molecule is CCOC(=O)c1ccc(N2CC(CBr)CC2=O)c(N)c1. The van der Waals surface area contributed by atoms with Gasteiger partial charge in [0.25, 0.3) is 0 Å². The Labute approximate surface area is 126 Å². The van der Waals surface area contributed by atoms with Crippen LogP contribution in [0.4, 0.5) is 11.4 Å². The van der Waals surface area contributed by atoms with Crippen molar-refractivity contribution >= 4 is 39.2 Å². The minimum Gasteiger partial charge on any atom is -0.462 e. The first kappa shape index (κ1) is 14.8. The monoisotopic (exact) mass is 340 g/mol. The van der Waals surface area contributed by atoms with Crippen molar-refractivity contribution in [1.29, 1.82) is 0 Å². The summed E-state index contributed by atoms with van der Waals surface area (Å²) in [6.45, 7) is 2.71. The maximum Gasteiger partial charge on any atom is 0.338 e. The Hall–Kier alpha value is -1.56. The van der Waals surface area contributed by atoms with Crippen LogP contribution < -0.4 is 10.6 Å². The number of benzene rings is 1.